The Morgan fingerprint density at radius 2 is 2.00 bits per heavy atom. The molecule has 0 bridgehead atoms. The van der Waals surface area contributed by atoms with E-state index in [9.17, 15) is 9.59 Å². The summed E-state index contributed by atoms with van der Waals surface area (Å²) in [7, 11) is 2.93. The molecule has 2 aromatic rings. The number of aromatic nitrogens is 1. The molecule has 0 radical (unpaired) electrons. The first-order chi connectivity index (χ1) is 14.5. The van der Waals surface area contributed by atoms with Crippen molar-refractivity contribution in [2.45, 2.75) is 38.3 Å². The van der Waals surface area contributed by atoms with Crippen LogP contribution in [-0.4, -0.2) is 44.1 Å². The number of esters is 1. The Kier molecular flexibility index (Phi) is 5.75. The number of nitrogens with zero attached hydrogens (tertiary/aromatic N) is 2. The van der Waals surface area contributed by atoms with Gasteiger partial charge in [0.25, 0.3) is 0 Å². The fourth-order valence-corrected chi connectivity index (χ4v) is 4.59. The van der Waals surface area contributed by atoms with E-state index in [1.54, 1.807) is 13.3 Å². The number of hydrogen-bond donors (Lipinski definition) is 0. The minimum atomic E-state index is -0.637. The Balaban J connectivity index is 1.82. The molecule has 1 fully saturated rings. The van der Waals surface area contributed by atoms with E-state index in [1.165, 1.54) is 13.2 Å². The number of benzene rings is 1. The third-order valence-corrected chi connectivity index (χ3v) is 6.10. The highest BCUT2D eigenvalue weighted by atomic mass is 35.5. The van der Waals surface area contributed by atoms with Crippen molar-refractivity contribution < 1.29 is 19.0 Å². The van der Waals surface area contributed by atoms with Gasteiger partial charge in [0, 0.05) is 44.0 Å². The second-order valence-electron chi connectivity index (χ2n) is 7.66. The van der Waals surface area contributed by atoms with Crippen LogP contribution in [0.3, 0.4) is 0 Å². The fourth-order valence-electron chi connectivity index (χ4n) is 4.37. The highest BCUT2D eigenvalue weighted by Crippen LogP contribution is 2.46. The molecule has 160 valence electrons. The van der Waals surface area contributed by atoms with Gasteiger partial charge in [-0.3, -0.25) is 9.47 Å². The van der Waals surface area contributed by atoms with Crippen molar-refractivity contribution in [1.29, 1.82) is 0 Å². The quantitative estimate of drug-likeness (QED) is 0.513. The molecule has 0 spiro atoms. The summed E-state index contributed by atoms with van der Waals surface area (Å²) in [4.78, 5) is 24.7. The molecule has 0 unspecified atom stereocenters. The van der Waals surface area contributed by atoms with E-state index < -0.39 is 5.97 Å². The number of carbonyl (C=O) groups is 1. The zero-order valence-corrected chi connectivity index (χ0v) is 18.1. The maximum atomic E-state index is 12.6. The topological polar surface area (TPSA) is 70.0 Å². The Morgan fingerprint density at radius 1 is 1.20 bits per heavy atom. The van der Waals surface area contributed by atoms with Crippen molar-refractivity contribution in [3.63, 3.8) is 0 Å². The van der Waals surface area contributed by atoms with Gasteiger partial charge in [-0.2, -0.15) is 0 Å². The molecule has 4 rings (SSSR count). The normalized spacial score (nSPS) is 19.1. The summed E-state index contributed by atoms with van der Waals surface area (Å²) in [6.07, 6.45) is 4.31. The predicted octanol–water partition coefficient (Wildman–Crippen LogP) is 3.55. The lowest BCUT2D eigenvalue weighted by atomic mass is 9.94. The predicted molar refractivity (Wildman–Crippen MR) is 114 cm³/mol. The molecule has 2 aliphatic heterocycles. The molecule has 2 aliphatic rings. The number of ether oxygens (including phenoxy) is 3. The molecule has 1 aromatic heterocycles. The van der Waals surface area contributed by atoms with Crippen LogP contribution in [0.2, 0.25) is 5.02 Å². The molecule has 3 heterocycles. The molecule has 7 nitrogen and oxygen atoms in total. The van der Waals surface area contributed by atoms with Crippen LogP contribution in [0.25, 0.3) is 11.3 Å². The number of halogens is 1. The van der Waals surface area contributed by atoms with Gasteiger partial charge in [-0.05, 0) is 37.5 Å². The first kappa shape index (κ1) is 20.8. The van der Waals surface area contributed by atoms with Crippen LogP contribution >= 0.6 is 11.6 Å². The van der Waals surface area contributed by atoms with Crippen molar-refractivity contribution in [3.8, 4) is 17.0 Å². The Labute approximate surface area is 180 Å². The maximum Gasteiger partial charge on any atom is 0.343 e. The standard InChI is InChI=1S/C22H25ClN2O5/c1-13-5-6-18-15-10-21(30-8-4-7-28-2)17(23)9-14(15)19-11-20(26)16(22(27)29-3)12-24(19)25(13)18/h9-13,18H,4-8H2,1-3H3/t13-,18+/m1/s1. The minimum Gasteiger partial charge on any atom is -0.492 e. The first-order valence-electron chi connectivity index (χ1n) is 10.1. The van der Waals surface area contributed by atoms with Crippen molar-refractivity contribution in [3.05, 3.63) is 50.8 Å². The van der Waals surface area contributed by atoms with Crippen LogP contribution in [0, 0.1) is 0 Å². The summed E-state index contributed by atoms with van der Waals surface area (Å²) in [5.74, 6) is -0.00432. The van der Waals surface area contributed by atoms with E-state index in [4.69, 9.17) is 25.8 Å². The number of pyridine rings is 1. The van der Waals surface area contributed by atoms with Crippen LogP contribution in [0.4, 0.5) is 0 Å². The van der Waals surface area contributed by atoms with Crippen molar-refractivity contribution in [2.24, 2.45) is 0 Å². The number of hydrogen-bond acceptors (Lipinski definition) is 6. The van der Waals surface area contributed by atoms with Crippen molar-refractivity contribution in [1.82, 2.24) is 4.68 Å². The van der Waals surface area contributed by atoms with Crippen molar-refractivity contribution >= 4 is 17.6 Å². The average molecular weight is 433 g/mol. The van der Waals surface area contributed by atoms with Gasteiger partial charge in [-0.15, -0.1) is 0 Å². The monoisotopic (exact) mass is 432 g/mol. The fraction of sp³-hybridized carbons (Fsp3) is 0.455. The summed E-state index contributed by atoms with van der Waals surface area (Å²) in [5, 5.41) is 2.70. The summed E-state index contributed by atoms with van der Waals surface area (Å²) < 4.78 is 17.7. The van der Waals surface area contributed by atoms with E-state index >= 15 is 0 Å². The van der Waals surface area contributed by atoms with E-state index in [0.717, 1.165) is 30.4 Å². The van der Waals surface area contributed by atoms with Crippen LogP contribution in [-0.2, 0) is 9.47 Å². The number of rotatable bonds is 6. The van der Waals surface area contributed by atoms with E-state index in [-0.39, 0.29) is 23.1 Å². The lowest BCUT2D eigenvalue weighted by molar-refractivity contribution is 0.0598. The molecule has 1 saturated heterocycles. The molecule has 2 atom stereocenters. The molecule has 0 N–H and O–H groups in total. The number of carbonyl (C=O) groups excluding carboxylic acids is 1. The van der Waals surface area contributed by atoms with Gasteiger partial charge in [0.1, 0.15) is 11.3 Å². The summed E-state index contributed by atoms with van der Waals surface area (Å²) >= 11 is 6.52. The van der Waals surface area contributed by atoms with Gasteiger partial charge in [-0.1, -0.05) is 11.6 Å². The molecule has 1 aromatic carbocycles. The smallest absolute Gasteiger partial charge is 0.343 e. The van der Waals surface area contributed by atoms with Crippen LogP contribution in [0.5, 0.6) is 5.75 Å². The number of methoxy groups -OCH3 is 2. The van der Waals surface area contributed by atoms with Gasteiger partial charge in [0.05, 0.1) is 30.5 Å². The van der Waals surface area contributed by atoms with E-state index in [1.807, 2.05) is 16.8 Å². The second kappa shape index (κ2) is 8.32. The zero-order chi connectivity index (χ0) is 21.4. The van der Waals surface area contributed by atoms with Crippen LogP contribution in [0.1, 0.15) is 48.1 Å². The third-order valence-electron chi connectivity index (χ3n) is 5.80. The van der Waals surface area contributed by atoms with E-state index in [0.29, 0.717) is 29.7 Å². The largest absolute Gasteiger partial charge is 0.492 e. The van der Waals surface area contributed by atoms with Gasteiger partial charge in [0.15, 0.2) is 5.43 Å². The van der Waals surface area contributed by atoms with Gasteiger partial charge in [-0.25, -0.2) is 4.79 Å². The van der Waals surface area contributed by atoms with Crippen LogP contribution < -0.4 is 15.2 Å². The molecule has 0 amide bonds. The second-order valence-corrected chi connectivity index (χ2v) is 8.07. The van der Waals surface area contributed by atoms with Crippen molar-refractivity contribution in [2.75, 3.05) is 32.4 Å². The van der Waals surface area contributed by atoms with Gasteiger partial charge >= 0.3 is 5.97 Å². The highest BCUT2D eigenvalue weighted by Gasteiger charge is 2.39. The Morgan fingerprint density at radius 3 is 2.73 bits per heavy atom. The SMILES string of the molecule is COCCCOc1cc2c(cc1Cl)-c1cc(=O)c(C(=O)OC)cn1N1[C@H](C)CC[C@@H]21. The average Bonchev–Trinajstić information content (AvgIpc) is 3.12. The molecular formula is C22H25ClN2O5. The first-order valence-corrected chi connectivity index (χ1v) is 10.4. The molecule has 0 aliphatic carbocycles. The molecule has 8 heteroatoms. The molecule has 30 heavy (non-hydrogen) atoms. The number of fused-ring (bicyclic) bond motifs is 6. The van der Waals surface area contributed by atoms with Crippen LogP contribution in [0.15, 0.2) is 29.2 Å². The summed E-state index contributed by atoms with van der Waals surface area (Å²) in [6, 6.07) is 5.68. The Hall–Kier alpha value is -2.51. The maximum absolute atomic E-state index is 12.6. The Bertz CT molecular complexity index is 1030. The van der Waals surface area contributed by atoms with Gasteiger partial charge in [0.2, 0.25) is 0 Å². The lowest BCUT2D eigenvalue weighted by Crippen LogP contribution is -2.43. The molecule has 0 saturated carbocycles. The minimum absolute atomic E-state index is 0.0201. The summed E-state index contributed by atoms with van der Waals surface area (Å²) in [6.45, 7) is 3.27. The van der Waals surface area contributed by atoms with Gasteiger partial charge < -0.3 is 19.2 Å². The zero-order valence-electron chi connectivity index (χ0n) is 17.3. The van der Waals surface area contributed by atoms with E-state index in [2.05, 4.69) is 11.9 Å². The third kappa shape index (κ3) is 3.46. The lowest BCUT2D eigenvalue weighted by Gasteiger charge is -2.40. The highest BCUT2D eigenvalue weighted by molar-refractivity contribution is 6.32. The molecular weight excluding hydrogens is 408 g/mol. The summed E-state index contributed by atoms with van der Waals surface area (Å²) in [5.41, 5.74) is 2.32.